The quantitative estimate of drug-likeness (QED) is 0.810. The van der Waals surface area contributed by atoms with Gasteiger partial charge in [-0.1, -0.05) is 32.1 Å². The van der Waals surface area contributed by atoms with Gasteiger partial charge in [0.1, 0.15) is 6.29 Å². The van der Waals surface area contributed by atoms with Crippen molar-refractivity contribution >= 4 is 24.0 Å². The summed E-state index contributed by atoms with van der Waals surface area (Å²) in [7, 11) is 0. The van der Waals surface area contributed by atoms with Crippen LogP contribution in [-0.4, -0.2) is 22.6 Å². The highest BCUT2D eigenvalue weighted by atomic mass is 32.2. The Hall–Kier alpha value is -1.29. The Labute approximate surface area is 136 Å². The third kappa shape index (κ3) is 5.48. The van der Waals surface area contributed by atoms with Gasteiger partial charge in [-0.05, 0) is 43.5 Å². The molecule has 1 unspecified atom stereocenters. The Bertz CT molecular complexity index is 484. The molecule has 0 heterocycles. The number of hydrogen-bond donors (Lipinski definition) is 1. The lowest BCUT2D eigenvalue weighted by atomic mass is 9.93. The fourth-order valence-electron chi connectivity index (χ4n) is 2.98. The van der Waals surface area contributed by atoms with Gasteiger partial charge in [0.2, 0.25) is 0 Å². The molecule has 1 aliphatic carbocycles. The van der Waals surface area contributed by atoms with Crippen molar-refractivity contribution in [1.82, 2.24) is 0 Å². The van der Waals surface area contributed by atoms with Crippen LogP contribution in [0, 0.1) is 5.92 Å². The van der Waals surface area contributed by atoms with Crippen molar-refractivity contribution in [2.24, 2.45) is 5.92 Å². The SMILES string of the molecule is O=C[C@@H]1CCCCCCCC(Sc2ccc(C(=O)O)cc2)C1. The first kappa shape index (κ1) is 17.1. The van der Waals surface area contributed by atoms with E-state index >= 15 is 0 Å². The van der Waals surface area contributed by atoms with E-state index in [1.165, 1.54) is 25.7 Å². The van der Waals surface area contributed by atoms with Gasteiger partial charge >= 0.3 is 5.97 Å². The van der Waals surface area contributed by atoms with Crippen LogP contribution in [0.1, 0.15) is 61.7 Å². The van der Waals surface area contributed by atoms with Crippen LogP contribution < -0.4 is 0 Å². The molecular formula is C18H24O3S. The van der Waals surface area contributed by atoms with Gasteiger partial charge in [0, 0.05) is 16.1 Å². The number of carbonyl (C=O) groups excluding carboxylic acids is 1. The molecule has 0 radical (unpaired) electrons. The second-order valence-corrected chi connectivity index (χ2v) is 7.42. The second kappa shape index (κ2) is 8.99. The minimum absolute atomic E-state index is 0.175. The van der Waals surface area contributed by atoms with Crippen LogP contribution in [-0.2, 0) is 4.79 Å². The van der Waals surface area contributed by atoms with Crippen molar-refractivity contribution in [1.29, 1.82) is 0 Å². The first-order valence-corrected chi connectivity index (χ1v) is 9.02. The monoisotopic (exact) mass is 320 g/mol. The number of carboxylic acid groups (broad SMARTS) is 1. The fourth-order valence-corrected chi connectivity index (χ4v) is 4.29. The first-order valence-electron chi connectivity index (χ1n) is 8.14. The molecule has 3 nitrogen and oxygen atoms in total. The summed E-state index contributed by atoms with van der Waals surface area (Å²) in [4.78, 5) is 23.3. The molecule has 0 bridgehead atoms. The number of carbonyl (C=O) groups is 2. The number of rotatable bonds is 4. The predicted octanol–water partition coefficient (Wildman–Crippen LogP) is 4.80. The van der Waals surface area contributed by atoms with Crippen LogP contribution >= 0.6 is 11.8 Å². The van der Waals surface area contributed by atoms with Crippen molar-refractivity contribution in [3.63, 3.8) is 0 Å². The van der Waals surface area contributed by atoms with E-state index in [1.54, 1.807) is 23.9 Å². The smallest absolute Gasteiger partial charge is 0.335 e. The molecule has 22 heavy (non-hydrogen) atoms. The van der Waals surface area contributed by atoms with Crippen molar-refractivity contribution in [2.75, 3.05) is 0 Å². The molecule has 2 rings (SSSR count). The molecule has 0 saturated heterocycles. The van der Waals surface area contributed by atoms with E-state index in [4.69, 9.17) is 5.11 Å². The van der Waals surface area contributed by atoms with Crippen LogP contribution in [0.25, 0.3) is 0 Å². The Morgan fingerprint density at radius 2 is 1.68 bits per heavy atom. The zero-order valence-electron chi connectivity index (χ0n) is 12.9. The summed E-state index contributed by atoms with van der Waals surface area (Å²) in [6.07, 6.45) is 10.4. The minimum Gasteiger partial charge on any atom is -0.478 e. The van der Waals surface area contributed by atoms with Gasteiger partial charge in [0.05, 0.1) is 5.56 Å². The summed E-state index contributed by atoms with van der Waals surface area (Å²) in [5, 5.41) is 9.39. The van der Waals surface area contributed by atoms with Crippen LogP contribution in [0.5, 0.6) is 0 Å². The number of hydrogen-bond acceptors (Lipinski definition) is 3. The molecule has 0 aliphatic heterocycles. The van der Waals surface area contributed by atoms with Gasteiger partial charge < -0.3 is 9.90 Å². The second-order valence-electron chi connectivity index (χ2n) is 6.05. The van der Waals surface area contributed by atoms with Crippen molar-refractivity contribution in [2.45, 2.75) is 61.5 Å². The number of carboxylic acids is 1. The lowest BCUT2D eigenvalue weighted by Crippen LogP contribution is -2.13. The molecule has 0 spiro atoms. The predicted molar refractivity (Wildman–Crippen MR) is 89.5 cm³/mol. The van der Waals surface area contributed by atoms with Crippen LogP contribution in [0.2, 0.25) is 0 Å². The van der Waals surface area contributed by atoms with Gasteiger partial charge in [-0.2, -0.15) is 0 Å². The third-order valence-corrected chi connectivity index (χ3v) is 5.57. The maximum Gasteiger partial charge on any atom is 0.335 e. The summed E-state index contributed by atoms with van der Waals surface area (Å²) in [5.74, 6) is -0.717. The third-order valence-electron chi connectivity index (χ3n) is 4.26. The maximum atomic E-state index is 11.3. The zero-order chi connectivity index (χ0) is 15.8. The van der Waals surface area contributed by atoms with E-state index in [0.29, 0.717) is 10.8 Å². The van der Waals surface area contributed by atoms with E-state index in [2.05, 4.69) is 0 Å². The number of benzene rings is 1. The lowest BCUT2D eigenvalue weighted by molar-refractivity contribution is -0.111. The van der Waals surface area contributed by atoms with Crippen molar-refractivity contribution in [3.8, 4) is 0 Å². The molecule has 1 fully saturated rings. The molecular weight excluding hydrogens is 296 g/mol. The molecule has 4 heteroatoms. The first-order chi connectivity index (χ1) is 10.7. The summed E-state index contributed by atoms with van der Waals surface area (Å²) >= 11 is 1.79. The highest BCUT2D eigenvalue weighted by Gasteiger charge is 2.18. The Morgan fingerprint density at radius 1 is 1.05 bits per heavy atom. The summed E-state index contributed by atoms with van der Waals surface area (Å²) in [6.45, 7) is 0. The average molecular weight is 320 g/mol. The van der Waals surface area contributed by atoms with E-state index in [0.717, 1.165) is 36.9 Å². The molecule has 2 atom stereocenters. The van der Waals surface area contributed by atoms with Crippen molar-refractivity contribution < 1.29 is 14.7 Å². The normalized spacial score (nSPS) is 23.6. The van der Waals surface area contributed by atoms with E-state index in [1.807, 2.05) is 12.1 Å². The van der Waals surface area contributed by atoms with E-state index in [9.17, 15) is 9.59 Å². The fraction of sp³-hybridized carbons (Fsp3) is 0.556. The van der Waals surface area contributed by atoms with Gasteiger partial charge in [0.25, 0.3) is 0 Å². The molecule has 1 aliphatic rings. The minimum atomic E-state index is -0.892. The van der Waals surface area contributed by atoms with Crippen molar-refractivity contribution in [3.05, 3.63) is 29.8 Å². The standard InChI is InChI=1S/C18H24O3S/c19-13-14-6-4-2-1-3-5-7-17(12-14)22-16-10-8-15(9-11-16)18(20)21/h8-11,13-14,17H,1-7,12H2,(H,20,21)/t14-,17?/m1/s1. The molecule has 120 valence electrons. The summed E-state index contributed by atoms with van der Waals surface area (Å²) in [6, 6.07) is 7.07. The van der Waals surface area contributed by atoms with Gasteiger partial charge in [-0.3, -0.25) is 0 Å². The number of aromatic carboxylic acids is 1. The molecule has 1 aromatic rings. The largest absolute Gasteiger partial charge is 0.478 e. The molecule has 0 aromatic heterocycles. The van der Waals surface area contributed by atoms with Crippen LogP contribution in [0.3, 0.4) is 0 Å². The van der Waals surface area contributed by atoms with Crippen LogP contribution in [0.15, 0.2) is 29.2 Å². The van der Waals surface area contributed by atoms with Gasteiger partial charge in [0.15, 0.2) is 0 Å². The topological polar surface area (TPSA) is 54.4 Å². The maximum absolute atomic E-state index is 11.3. The Morgan fingerprint density at radius 3 is 2.32 bits per heavy atom. The van der Waals surface area contributed by atoms with Crippen LogP contribution in [0.4, 0.5) is 0 Å². The highest BCUT2D eigenvalue weighted by Crippen LogP contribution is 2.33. The average Bonchev–Trinajstić information content (AvgIpc) is 2.53. The Balaban J connectivity index is 1.99. The van der Waals surface area contributed by atoms with Gasteiger partial charge in [-0.25, -0.2) is 4.79 Å². The number of thioether (sulfide) groups is 1. The highest BCUT2D eigenvalue weighted by molar-refractivity contribution is 8.00. The summed E-state index contributed by atoms with van der Waals surface area (Å²) in [5.41, 5.74) is 0.320. The molecule has 1 saturated carbocycles. The lowest BCUT2D eigenvalue weighted by Gasteiger charge is -2.21. The van der Waals surface area contributed by atoms with Gasteiger partial charge in [-0.15, -0.1) is 11.8 Å². The van der Waals surface area contributed by atoms with E-state index in [-0.39, 0.29) is 5.92 Å². The Kier molecular flexibility index (Phi) is 6.97. The molecule has 0 amide bonds. The molecule has 1 aromatic carbocycles. The zero-order valence-corrected chi connectivity index (χ0v) is 13.7. The summed E-state index contributed by atoms with van der Waals surface area (Å²) < 4.78 is 0. The number of aldehydes is 1. The van der Waals surface area contributed by atoms with E-state index < -0.39 is 5.97 Å². The molecule has 1 N–H and O–H groups in total.